The van der Waals surface area contributed by atoms with Gasteiger partial charge < -0.3 is 9.64 Å². The van der Waals surface area contributed by atoms with Gasteiger partial charge in [0.1, 0.15) is 11.4 Å². The number of carbonyl (C=O) groups excluding carboxylic acids is 2. The van der Waals surface area contributed by atoms with E-state index in [4.69, 9.17) is 4.74 Å². The number of hydrazine groups is 1. The molecule has 0 unspecified atom stereocenters. The molecule has 1 aromatic carbocycles. The third-order valence-corrected chi connectivity index (χ3v) is 5.40. The Balaban J connectivity index is 2.26. The van der Waals surface area contributed by atoms with Crippen LogP contribution < -0.4 is 15.8 Å². The van der Waals surface area contributed by atoms with Crippen LogP contribution in [-0.4, -0.2) is 29.9 Å². The van der Waals surface area contributed by atoms with E-state index in [1.807, 2.05) is 11.0 Å². The van der Waals surface area contributed by atoms with E-state index < -0.39 is 23.4 Å². The van der Waals surface area contributed by atoms with Gasteiger partial charge in [-0.1, -0.05) is 25.3 Å². The molecule has 2 amide bonds. The van der Waals surface area contributed by atoms with Gasteiger partial charge in [0.05, 0.1) is 12.2 Å². The van der Waals surface area contributed by atoms with Crippen molar-refractivity contribution < 1.29 is 18.7 Å². The van der Waals surface area contributed by atoms with Crippen LogP contribution in [0.1, 0.15) is 38.1 Å². The number of fused-ring (bicyclic) bond motifs is 1. The number of carbonyl (C=O) groups is 2. The number of nitrogens with one attached hydrogen (secondary N) is 2. The van der Waals surface area contributed by atoms with E-state index in [1.54, 1.807) is 51.6 Å². The van der Waals surface area contributed by atoms with Gasteiger partial charge in [-0.2, -0.15) is 0 Å². The second-order valence-electron chi connectivity index (χ2n) is 8.02. The van der Waals surface area contributed by atoms with Crippen molar-refractivity contribution in [2.75, 3.05) is 17.2 Å². The molecule has 0 aromatic heterocycles. The number of hydrogen-bond acceptors (Lipinski definition) is 5. The first-order valence-electron chi connectivity index (χ1n) is 9.61. The average Bonchev–Trinajstić information content (AvgIpc) is 2.68. The number of amides is 2. The molecule has 1 heterocycles. The van der Waals surface area contributed by atoms with Crippen LogP contribution in [0.2, 0.25) is 0 Å². The van der Waals surface area contributed by atoms with E-state index in [9.17, 15) is 14.0 Å². The summed E-state index contributed by atoms with van der Waals surface area (Å²) in [6.07, 6.45) is 0.388. The fraction of sp³-hybridized carbons (Fsp3) is 0.304. The van der Waals surface area contributed by atoms with Crippen LogP contribution in [0.4, 0.5) is 14.9 Å². The van der Waals surface area contributed by atoms with Gasteiger partial charge in [0, 0.05) is 27.5 Å². The highest BCUT2D eigenvalue weighted by atomic mass is 32.2. The fourth-order valence-electron chi connectivity index (χ4n) is 2.78. The lowest BCUT2D eigenvalue weighted by molar-refractivity contribution is 0.0483. The minimum atomic E-state index is -0.763. The van der Waals surface area contributed by atoms with Gasteiger partial charge in [-0.25, -0.2) is 14.6 Å². The van der Waals surface area contributed by atoms with Crippen LogP contribution in [-0.2, 0) is 4.74 Å². The van der Waals surface area contributed by atoms with Crippen molar-refractivity contribution in [1.82, 2.24) is 10.9 Å². The Morgan fingerprint density at radius 2 is 2.00 bits per heavy atom. The minimum Gasteiger partial charge on any atom is -0.443 e. The van der Waals surface area contributed by atoms with Gasteiger partial charge in [-0.3, -0.25) is 10.2 Å². The summed E-state index contributed by atoms with van der Waals surface area (Å²) < 4.78 is 19.4. The summed E-state index contributed by atoms with van der Waals surface area (Å²) >= 11 is 1.58. The Morgan fingerprint density at radius 3 is 2.58 bits per heavy atom. The van der Waals surface area contributed by atoms with Gasteiger partial charge in [0.15, 0.2) is 0 Å². The lowest BCUT2D eigenvalue weighted by Crippen LogP contribution is -2.44. The summed E-state index contributed by atoms with van der Waals surface area (Å²) in [6, 6.07) is 5.15. The monoisotopic (exact) mass is 445 g/mol. The zero-order chi connectivity index (χ0) is 23.3. The van der Waals surface area contributed by atoms with Crippen LogP contribution in [0.5, 0.6) is 0 Å². The van der Waals surface area contributed by atoms with Crippen molar-refractivity contribution in [1.29, 1.82) is 0 Å². The molecular formula is C23H28FN3O3S. The molecule has 166 valence electrons. The van der Waals surface area contributed by atoms with Gasteiger partial charge in [0.2, 0.25) is 0 Å². The first-order valence-corrected chi connectivity index (χ1v) is 10.6. The molecule has 1 aromatic rings. The van der Waals surface area contributed by atoms with Crippen LogP contribution >= 0.6 is 11.8 Å². The number of anilines is 1. The molecule has 0 atom stereocenters. The third kappa shape index (κ3) is 6.49. The van der Waals surface area contributed by atoms with E-state index in [2.05, 4.69) is 30.6 Å². The Bertz CT molecular complexity index is 963. The van der Waals surface area contributed by atoms with Gasteiger partial charge in [0.25, 0.3) is 5.91 Å². The van der Waals surface area contributed by atoms with Crippen molar-refractivity contribution in [3.05, 3.63) is 72.2 Å². The van der Waals surface area contributed by atoms with E-state index in [-0.39, 0.29) is 6.54 Å². The van der Waals surface area contributed by atoms with Gasteiger partial charge >= 0.3 is 6.09 Å². The zero-order valence-electron chi connectivity index (χ0n) is 18.3. The second-order valence-corrected chi connectivity index (χ2v) is 9.03. The molecule has 6 nitrogen and oxygen atoms in total. The highest BCUT2D eigenvalue weighted by Crippen LogP contribution is 2.40. The van der Waals surface area contributed by atoms with E-state index in [1.165, 1.54) is 0 Å². The Kier molecular flexibility index (Phi) is 7.73. The summed E-state index contributed by atoms with van der Waals surface area (Å²) in [7, 11) is 0. The number of allylic oxidation sites excluding steroid dienone is 2. The standard InChI is InChI=1S/C23H28FN3O3S/c1-8-18(24)17(14(2)3)12-27-15(4)13-31-20-10-9-16(11-19(20)27)21(28)25-26-22(29)30-23(5,6)7/h8-11H,1-2,4,12-13H2,3,5-7H3,(H,25,28)(H,26,29)/b18-17+. The summed E-state index contributed by atoms with van der Waals surface area (Å²) in [5, 5.41) is 0. The minimum absolute atomic E-state index is 0.209. The highest BCUT2D eigenvalue weighted by Gasteiger charge is 2.24. The van der Waals surface area contributed by atoms with Crippen LogP contribution in [0, 0.1) is 0 Å². The number of halogens is 1. The third-order valence-electron chi connectivity index (χ3n) is 4.26. The summed E-state index contributed by atoms with van der Waals surface area (Å²) in [5.74, 6) is -0.323. The fourth-order valence-corrected chi connectivity index (χ4v) is 3.74. The summed E-state index contributed by atoms with van der Waals surface area (Å²) in [4.78, 5) is 27.1. The van der Waals surface area contributed by atoms with Crippen molar-refractivity contribution in [2.45, 2.75) is 38.2 Å². The first kappa shape index (κ1) is 24.3. The average molecular weight is 446 g/mol. The van der Waals surface area contributed by atoms with Crippen molar-refractivity contribution in [3.63, 3.8) is 0 Å². The molecule has 0 aliphatic carbocycles. The maximum absolute atomic E-state index is 14.3. The first-order chi connectivity index (χ1) is 14.4. The summed E-state index contributed by atoms with van der Waals surface area (Å²) in [5.41, 5.74) is 6.69. The molecular weight excluding hydrogens is 417 g/mol. The number of benzene rings is 1. The molecule has 0 fully saturated rings. The highest BCUT2D eigenvalue weighted by molar-refractivity contribution is 7.99. The lowest BCUT2D eigenvalue weighted by Gasteiger charge is -2.34. The Morgan fingerprint density at radius 1 is 1.32 bits per heavy atom. The molecule has 0 saturated heterocycles. The van der Waals surface area contributed by atoms with E-state index >= 15 is 0 Å². The second kappa shape index (κ2) is 9.87. The molecule has 0 saturated carbocycles. The quantitative estimate of drug-likeness (QED) is 0.477. The number of rotatable bonds is 5. The maximum atomic E-state index is 14.3. The number of hydrogen-bond donors (Lipinski definition) is 2. The van der Waals surface area contributed by atoms with Crippen LogP contribution in [0.3, 0.4) is 0 Å². The molecule has 31 heavy (non-hydrogen) atoms. The van der Waals surface area contributed by atoms with E-state index in [0.717, 1.165) is 22.4 Å². The topological polar surface area (TPSA) is 70.7 Å². The van der Waals surface area contributed by atoms with Crippen molar-refractivity contribution in [3.8, 4) is 0 Å². The predicted octanol–water partition coefficient (Wildman–Crippen LogP) is 5.27. The normalized spacial score (nSPS) is 14.2. The molecule has 1 aliphatic heterocycles. The van der Waals surface area contributed by atoms with Crippen molar-refractivity contribution >= 4 is 29.4 Å². The number of thioether (sulfide) groups is 1. The number of nitrogens with zero attached hydrogens (tertiary/aromatic N) is 1. The smallest absolute Gasteiger partial charge is 0.426 e. The SMILES string of the molecule is C=C/C(F)=C(/CN1C(=C)CSc2ccc(C(=O)NNC(=O)OC(C)(C)C)cc21)C(=C)C. The van der Waals surface area contributed by atoms with Crippen LogP contribution in [0.25, 0.3) is 0 Å². The molecule has 0 radical (unpaired) electrons. The Hall–Kier alpha value is -3.00. The van der Waals surface area contributed by atoms with Gasteiger partial charge in [-0.05, 0) is 52.0 Å². The molecule has 8 heteroatoms. The summed E-state index contributed by atoms with van der Waals surface area (Å²) in [6.45, 7) is 18.6. The molecule has 0 bridgehead atoms. The molecule has 1 aliphatic rings. The van der Waals surface area contributed by atoms with Gasteiger partial charge in [-0.15, -0.1) is 11.8 Å². The molecule has 0 spiro atoms. The predicted molar refractivity (Wildman–Crippen MR) is 124 cm³/mol. The Labute approximate surface area is 186 Å². The molecule has 2 rings (SSSR count). The lowest BCUT2D eigenvalue weighted by atomic mass is 10.1. The maximum Gasteiger partial charge on any atom is 0.426 e. The zero-order valence-corrected chi connectivity index (χ0v) is 19.1. The van der Waals surface area contributed by atoms with Crippen LogP contribution in [0.15, 0.2) is 71.6 Å². The van der Waals surface area contributed by atoms with Crippen molar-refractivity contribution in [2.24, 2.45) is 0 Å². The number of ether oxygens (including phenoxy) is 1. The molecule has 2 N–H and O–H groups in total. The van der Waals surface area contributed by atoms with E-state index in [0.29, 0.717) is 22.5 Å². The largest absolute Gasteiger partial charge is 0.443 e.